The number of ether oxygens (including phenoxy) is 1. The van der Waals surface area contributed by atoms with Gasteiger partial charge in [0.25, 0.3) is 5.91 Å². The molecule has 1 heterocycles. The number of rotatable bonds is 7. The molecule has 3 aromatic carbocycles. The highest BCUT2D eigenvalue weighted by molar-refractivity contribution is 9.10. The predicted molar refractivity (Wildman–Crippen MR) is 135 cm³/mol. The summed E-state index contributed by atoms with van der Waals surface area (Å²) in [4.78, 5) is 12.7. The van der Waals surface area contributed by atoms with Crippen LogP contribution in [-0.4, -0.2) is 15.7 Å². The molecule has 1 N–H and O–H groups in total. The van der Waals surface area contributed by atoms with Crippen LogP contribution in [0.5, 0.6) is 5.75 Å². The molecule has 174 valence electrons. The Kier molecular flexibility index (Phi) is 7.56. The molecule has 9 heteroatoms. The van der Waals surface area contributed by atoms with Gasteiger partial charge in [0.2, 0.25) is 0 Å². The second-order valence-corrected chi connectivity index (χ2v) is 9.24. The zero-order chi connectivity index (χ0) is 24.2. The molecule has 34 heavy (non-hydrogen) atoms. The van der Waals surface area contributed by atoms with E-state index in [0.29, 0.717) is 38.1 Å². The van der Waals surface area contributed by atoms with Crippen LogP contribution in [0.4, 0.5) is 10.2 Å². The van der Waals surface area contributed by atoms with Crippen LogP contribution in [-0.2, 0) is 13.2 Å². The minimum absolute atomic E-state index is 0.127. The fourth-order valence-electron chi connectivity index (χ4n) is 3.21. The van der Waals surface area contributed by atoms with Crippen molar-refractivity contribution in [1.82, 2.24) is 9.78 Å². The topological polar surface area (TPSA) is 56.1 Å². The third-order valence-corrected chi connectivity index (χ3v) is 6.44. The van der Waals surface area contributed by atoms with Crippen LogP contribution in [0.25, 0.3) is 0 Å². The Hall–Kier alpha value is -2.87. The minimum Gasteiger partial charge on any atom is -0.489 e. The van der Waals surface area contributed by atoms with Gasteiger partial charge in [-0.3, -0.25) is 9.48 Å². The molecule has 1 aromatic heterocycles. The summed E-state index contributed by atoms with van der Waals surface area (Å²) in [6, 6.07) is 17.1. The van der Waals surface area contributed by atoms with Crippen LogP contribution in [0.15, 0.2) is 71.3 Å². The average molecular weight is 563 g/mol. The van der Waals surface area contributed by atoms with Gasteiger partial charge in [0.15, 0.2) is 5.82 Å². The minimum atomic E-state index is -0.417. The molecule has 1 amide bonds. The van der Waals surface area contributed by atoms with E-state index in [1.807, 2.05) is 31.2 Å². The Balaban J connectivity index is 1.38. The molecule has 0 aliphatic heterocycles. The van der Waals surface area contributed by atoms with Crippen LogP contribution in [0.1, 0.15) is 27.0 Å². The summed E-state index contributed by atoms with van der Waals surface area (Å²) in [5, 5.41) is 8.09. The molecule has 5 nitrogen and oxygen atoms in total. The highest BCUT2D eigenvalue weighted by atomic mass is 79.9. The zero-order valence-electron chi connectivity index (χ0n) is 18.0. The second kappa shape index (κ2) is 10.6. The first-order chi connectivity index (χ1) is 16.3. The summed E-state index contributed by atoms with van der Waals surface area (Å²) in [6.45, 7) is 2.40. The first-order valence-electron chi connectivity index (χ1n) is 10.3. The lowest BCUT2D eigenvalue weighted by Crippen LogP contribution is -2.13. The molecule has 0 saturated carbocycles. The van der Waals surface area contributed by atoms with Crippen LogP contribution < -0.4 is 10.1 Å². The maximum atomic E-state index is 14.1. The number of hydrogen-bond donors (Lipinski definition) is 1. The van der Waals surface area contributed by atoms with E-state index in [1.165, 1.54) is 10.7 Å². The molecule has 0 radical (unpaired) electrons. The van der Waals surface area contributed by atoms with Crippen LogP contribution in [0.3, 0.4) is 0 Å². The molecule has 0 bridgehead atoms. The van der Waals surface area contributed by atoms with Crippen molar-refractivity contribution < 1.29 is 13.9 Å². The Morgan fingerprint density at radius 2 is 1.88 bits per heavy atom. The molecule has 0 atom stereocenters. The number of carbonyl (C=O) groups excluding carboxylic acids is 1. The highest BCUT2D eigenvalue weighted by Gasteiger charge is 2.14. The van der Waals surface area contributed by atoms with Gasteiger partial charge < -0.3 is 10.1 Å². The number of hydrogen-bond acceptors (Lipinski definition) is 3. The van der Waals surface area contributed by atoms with Gasteiger partial charge in [-0.1, -0.05) is 41.4 Å². The Morgan fingerprint density at radius 3 is 2.59 bits per heavy atom. The summed E-state index contributed by atoms with van der Waals surface area (Å²) < 4.78 is 21.9. The Morgan fingerprint density at radius 1 is 1.12 bits per heavy atom. The molecular formula is C25H19BrCl2FN3O2. The normalized spacial score (nSPS) is 10.9. The molecule has 0 fully saturated rings. The van der Waals surface area contributed by atoms with Gasteiger partial charge in [-0.2, -0.15) is 5.10 Å². The number of nitrogens with zero attached hydrogens (tertiary/aromatic N) is 2. The standard InChI is InChI=1S/C25H19BrCl2FN3O2/c1-15-11-18(9-10-21(15)27)34-14-16-5-7-17(8-6-16)25(33)30-24-20(26)13-32(31-24)12-19-22(28)3-2-4-23(19)29/h2-11,13H,12,14H2,1H3,(H,30,31,33). The summed E-state index contributed by atoms with van der Waals surface area (Å²) in [7, 11) is 0. The van der Waals surface area contributed by atoms with Crippen LogP contribution in [0.2, 0.25) is 10.0 Å². The Labute approximate surface area is 214 Å². The van der Waals surface area contributed by atoms with Crippen molar-refractivity contribution in [3.05, 3.63) is 109 Å². The second-order valence-electron chi connectivity index (χ2n) is 7.57. The predicted octanol–water partition coefficient (Wildman–Crippen LogP) is 7.28. The molecular weight excluding hydrogens is 544 g/mol. The maximum absolute atomic E-state index is 14.1. The largest absolute Gasteiger partial charge is 0.489 e. The fourth-order valence-corrected chi connectivity index (χ4v) is 3.97. The van der Waals surface area contributed by atoms with Crippen molar-refractivity contribution in [2.24, 2.45) is 0 Å². The maximum Gasteiger partial charge on any atom is 0.256 e. The van der Waals surface area contributed by atoms with E-state index in [4.69, 9.17) is 27.9 Å². The first kappa shape index (κ1) is 24.3. The highest BCUT2D eigenvalue weighted by Crippen LogP contribution is 2.25. The molecule has 0 aliphatic carbocycles. The summed E-state index contributed by atoms with van der Waals surface area (Å²) in [6.07, 6.45) is 1.65. The SMILES string of the molecule is Cc1cc(OCc2ccc(C(=O)Nc3nn(Cc4c(F)cccc4Cl)cc3Br)cc2)ccc1Cl. The lowest BCUT2D eigenvalue weighted by molar-refractivity contribution is 0.102. The number of anilines is 1. The van der Waals surface area contributed by atoms with E-state index >= 15 is 0 Å². The van der Waals surface area contributed by atoms with Gasteiger partial charge in [-0.05, 0) is 76.4 Å². The van der Waals surface area contributed by atoms with E-state index in [2.05, 4.69) is 26.3 Å². The summed E-state index contributed by atoms with van der Waals surface area (Å²) in [5.41, 5.74) is 2.64. The van der Waals surface area contributed by atoms with Crippen molar-refractivity contribution in [2.45, 2.75) is 20.1 Å². The van der Waals surface area contributed by atoms with E-state index < -0.39 is 5.82 Å². The summed E-state index contributed by atoms with van der Waals surface area (Å²) in [5.74, 6) is 0.305. The first-order valence-corrected chi connectivity index (χ1v) is 11.8. The van der Waals surface area contributed by atoms with Gasteiger partial charge in [0, 0.05) is 27.4 Å². The molecule has 4 aromatic rings. The molecule has 0 saturated heterocycles. The number of carbonyl (C=O) groups is 1. The van der Waals surface area contributed by atoms with E-state index in [0.717, 1.165) is 16.9 Å². The zero-order valence-corrected chi connectivity index (χ0v) is 21.1. The molecule has 0 spiro atoms. The quantitative estimate of drug-likeness (QED) is 0.257. The van der Waals surface area contributed by atoms with Crippen molar-refractivity contribution >= 4 is 50.9 Å². The molecule has 0 unspecified atom stereocenters. The van der Waals surface area contributed by atoms with Gasteiger partial charge in [-0.15, -0.1) is 0 Å². The van der Waals surface area contributed by atoms with Crippen molar-refractivity contribution in [3.8, 4) is 5.75 Å². The number of nitrogens with one attached hydrogen (secondary N) is 1. The lowest BCUT2D eigenvalue weighted by Gasteiger charge is -2.09. The molecule has 4 rings (SSSR count). The number of benzene rings is 3. The number of aromatic nitrogens is 2. The van der Waals surface area contributed by atoms with Crippen molar-refractivity contribution in [2.75, 3.05) is 5.32 Å². The van der Waals surface area contributed by atoms with Crippen molar-refractivity contribution in [3.63, 3.8) is 0 Å². The van der Waals surface area contributed by atoms with E-state index in [1.54, 1.807) is 36.5 Å². The number of amides is 1. The lowest BCUT2D eigenvalue weighted by atomic mass is 10.1. The fraction of sp³-hybridized carbons (Fsp3) is 0.120. The summed E-state index contributed by atoms with van der Waals surface area (Å²) >= 11 is 15.5. The van der Waals surface area contributed by atoms with Gasteiger partial charge >= 0.3 is 0 Å². The van der Waals surface area contributed by atoms with E-state index in [9.17, 15) is 9.18 Å². The smallest absolute Gasteiger partial charge is 0.256 e. The van der Waals surface area contributed by atoms with Gasteiger partial charge in [-0.25, -0.2) is 4.39 Å². The monoisotopic (exact) mass is 561 g/mol. The Bertz CT molecular complexity index is 1320. The van der Waals surface area contributed by atoms with Gasteiger partial charge in [0.05, 0.1) is 11.0 Å². The third-order valence-electron chi connectivity index (χ3n) is 5.08. The number of halogens is 4. The van der Waals surface area contributed by atoms with Crippen molar-refractivity contribution in [1.29, 1.82) is 0 Å². The van der Waals surface area contributed by atoms with Crippen LogP contribution in [0, 0.1) is 12.7 Å². The van der Waals surface area contributed by atoms with E-state index in [-0.39, 0.29) is 12.5 Å². The average Bonchev–Trinajstić information content (AvgIpc) is 3.16. The van der Waals surface area contributed by atoms with Gasteiger partial charge in [0.1, 0.15) is 18.2 Å². The third kappa shape index (κ3) is 5.78. The van der Waals surface area contributed by atoms with Crippen LogP contribution >= 0.6 is 39.1 Å². The number of aryl methyl sites for hydroxylation is 1. The molecule has 0 aliphatic rings.